The van der Waals surface area contributed by atoms with Crippen molar-refractivity contribution in [3.05, 3.63) is 18.3 Å². The molecule has 2 aromatic rings. The lowest BCUT2D eigenvalue weighted by Gasteiger charge is -2.56. The van der Waals surface area contributed by atoms with E-state index in [-0.39, 0.29) is 15.5 Å². The fraction of sp³-hybridized carbons (Fsp3) is 0.467. The summed E-state index contributed by atoms with van der Waals surface area (Å²) >= 11 is 5.09. The SMILES string of the molecule is Bc1cccn2nc(N[C@@]3(B)C4(S)CC[C@]3(B)CN(C#C)C4)nc12. The lowest BCUT2D eigenvalue weighted by molar-refractivity contribution is 0.228. The summed E-state index contributed by atoms with van der Waals surface area (Å²) in [6.45, 7) is 1.64. The summed E-state index contributed by atoms with van der Waals surface area (Å²) in [5.74, 6) is 0.660. The van der Waals surface area contributed by atoms with Gasteiger partial charge in [0.2, 0.25) is 5.95 Å². The van der Waals surface area contributed by atoms with Gasteiger partial charge in [-0.05, 0) is 23.3 Å². The zero-order chi connectivity index (χ0) is 17.2. The molecule has 1 saturated carbocycles. The summed E-state index contributed by atoms with van der Waals surface area (Å²) in [5.41, 5.74) is 1.77. The Morgan fingerprint density at radius 3 is 2.79 bits per heavy atom. The monoisotopic (exact) mass is 335 g/mol. The van der Waals surface area contributed by atoms with E-state index in [0.29, 0.717) is 5.95 Å². The average Bonchev–Trinajstić information content (AvgIpc) is 2.96. The lowest BCUT2D eigenvalue weighted by atomic mass is 9.46. The molecule has 9 heteroatoms. The van der Waals surface area contributed by atoms with E-state index < -0.39 is 0 Å². The topological polar surface area (TPSA) is 45.5 Å². The number of nitrogens with zero attached hydrogens (tertiary/aromatic N) is 4. The highest BCUT2D eigenvalue weighted by Crippen LogP contribution is 2.61. The highest BCUT2D eigenvalue weighted by molar-refractivity contribution is 7.82. The predicted molar refractivity (Wildman–Crippen MR) is 109 cm³/mol. The molecule has 1 aliphatic carbocycles. The zero-order valence-electron chi connectivity index (χ0n) is 14.4. The van der Waals surface area contributed by atoms with Gasteiger partial charge in [0, 0.05) is 35.5 Å². The summed E-state index contributed by atoms with van der Waals surface area (Å²) in [6.07, 6.45) is 9.72. The number of hydrogen-bond donors (Lipinski definition) is 2. The van der Waals surface area contributed by atoms with Crippen molar-refractivity contribution >= 4 is 53.2 Å². The van der Waals surface area contributed by atoms with E-state index in [9.17, 15) is 0 Å². The van der Waals surface area contributed by atoms with Crippen LogP contribution in [-0.2, 0) is 0 Å². The summed E-state index contributed by atoms with van der Waals surface area (Å²) in [6, 6.07) is 6.84. The molecular weight excluding hydrogens is 315 g/mol. The Morgan fingerprint density at radius 1 is 1.33 bits per heavy atom. The Labute approximate surface area is 150 Å². The van der Waals surface area contributed by atoms with Gasteiger partial charge >= 0.3 is 0 Å². The third kappa shape index (κ3) is 1.95. The number of fused-ring (bicyclic) bond motifs is 3. The fourth-order valence-corrected chi connectivity index (χ4v) is 5.09. The van der Waals surface area contributed by atoms with Crippen LogP contribution in [0.5, 0.6) is 0 Å². The molecule has 5 nitrogen and oxygen atoms in total. The van der Waals surface area contributed by atoms with Gasteiger partial charge in [-0.1, -0.05) is 18.9 Å². The molecule has 24 heavy (non-hydrogen) atoms. The first-order valence-electron chi connectivity index (χ1n) is 8.34. The maximum atomic E-state index is 5.68. The molecule has 1 saturated heterocycles. The normalized spacial score (nSPS) is 35.1. The van der Waals surface area contributed by atoms with Crippen molar-refractivity contribution in [3.8, 4) is 12.5 Å². The van der Waals surface area contributed by atoms with Crippen molar-refractivity contribution in [1.82, 2.24) is 19.5 Å². The summed E-state index contributed by atoms with van der Waals surface area (Å²) in [4.78, 5) is 6.76. The predicted octanol–water partition coefficient (Wildman–Crippen LogP) is -2.11. The van der Waals surface area contributed by atoms with Crippen molar-refractivity contribution in [1.29, 1.82) is 0 Å². The second-order valence-corrected chi connectivity index (χ2v) is 8.58. The largest absolute Gasteiger partial charge is 0.354 e. The van der Waals surface area contributed by atoms with E-state index in [4.69, 9.17) is 24.0 Å². The van der Waals surface area contributed by atoms with Crippen LogP contribution in [0.1, 0.15) is 12.8 Å². The molecule has 2 bridgehead atoms. The van der Waals surface area contributed by atoms with E-state index in [2.05, 4.69) is 37.1 Å². The zero-order valence-corrected chi connectivity index (χ0v) is 15.3. The molecule has 3 heterocycles. The van der Waals surface area contributed by atoms with Crippen molar-refractivity contribution in [2.24, 2.45) is 0 Å². The molecule has 2 aromatic heterocycles. The molecule has 1 aliphatic heterocycles. The number of aromatic nitrogens is 3. The van der Waals surface area contributed by atoms with Crippen LogP contribution in [-0.4, -0.2) is 66.3 Å². The van der Waals surface area contributed by atoms with Crippen LogP contribution in [0.4, 0.5) is 5.95 Å². The number of thiol groups is 1. The van der Waals surface area contributed by atoms with Crippen molar-refractivity contribution in [3.63, 3.8) is 0 Å². The van der Waals surface area contributed by atoms with Crippen molar-refractivity contribution in [2.45, 2.75) is 28.3 Å². The standard InChI is InChI=1S/C15H20B3N5S/c1-2-22-8-13(17)5-6-14(24,9-22)15(13,18)20-12-19-11-10(16)4-3-7-23(11)21-12/h1,3-4,7,24H,5-6,8-9,16-18H2,(H,20,21)/t13-,14?,15+/m0/s1. The van der Waals surface area contributed by atoms with Crippen LogP contribution in [0.15, 0.2) is 18.3 Å². The molecule has 0 aromatic carbocycles. The summed E-state index contributed by atoms with van der Waals surface area (Å²) < 4.78 is 1.62. The van der Waals surface area contributed by atoms with Crippen LogP contribution in [0.25, 0.3) is 5.65 Å². The van der Waals surface area contributed by atoms with E-state index in [1.807, 2.05) is 30.7 Å². The van der Waals surface area contributed by atoms with Crippen molar-refractivity contribution < 1.29 is 0 Å². The van der Waals surface area contributed by atoms with Gasteiger partial charge in [-0.3, -0.25) is 0 Å². The van der Waals surface area contributed by atoms with Crippen LogP contribution in [0.2, 0.25) is 5.31 Å². The van der Waals surface area contributed by atoms with Gasteiger partial charge in [-0.15, -0.1) is 5.10 Å². The first kappa shape index (κ1) is 15.8. The number of hydrogen-bond acceptors (Lipinski definition) is 5. The molecule has 2 fully saturated rings. The number of nitrogens with one attached hydrogen (secondary N) is 1. The van der Waals surface area contributed by atoms with Gasteiger partial charge < -0.3 is 10.2 Å². The molecule has 4 rings (SSSR count). The molecule has 2 aliphatic rings. The van der Waals surface area contributed by atoms with Crippen LogP contribution in [0, 0.1) is 12.5 Å². The van der Waals surface area contributed by atoms with Crippen LogP contribution >= 0.6 is 12.6 Å². The number of piperidine rings is 1. The molecule has 0 radical (unpaired) electrons. The molecule has 0 amide bonds. The first-order valence-corrected chi connectivity index (χ1v) is 8.79. The molecule has 120 valence electrons. The molecule has 3 atom stereocenters. The fourth-order valence-electron chi connectivity index (χ4n) is 4.49. The van der Waals surface area contributed by atoms with E-state index >= 15 is 0 Å². The Morgan fingerprint density at radius 2 is 2.12 bits per heavy atom. The Hall–Kier alpha value is -1.68. The lowest BCUT2D eigenvalue weighted by Crippen LogP contribution is -2.68. The maximum absolute atomic E-state index is 5.68. The summed E-state index contributed by atoms with van der Waals surface area (Å²) in [5, 5.41) is 8.28. The first-order chi connectivity index (χ1) is 11.3. The molecule has 1 unspecified atom stereocenters. The van der Waals surface area contributed by atoms with Crippen LogP contribution < -0.4 is 10.8 Å². The minimum atomic E-state index is -0.227. The van der Waals surface area contributed by atoms with Crippen LogP contribution in [0.3, 0.4) is 0 Å². The number of terminal acetylenes is 1. The summed E-state index contributed by atoms with van der Waals surface area (Å²) in [7, 11) is 6.59. The molecule has 0 spiro atoms. The number of anilines is 1. The second-order valence-electron chi connectivity index (χ2n) is 7.72. The molecular formula is C15H20B3N5S. The van der Waals surface area contributed by atoms with Gasteiger partial charge in [-0.25, -0.2) is 4.52 Å². The quantitative estimate of drug-likeness (QED) is 0.375. The number of pyridine rings is 1. The number of rotatable bonds is 2. The van der Waals surface area contributed by atoms with Gasteiger partial charge in [0.15, 0.2) is 5.65 Å². The van der Waals surface area contributed by atoms with Crippen molar-refractivity contribution in [2.75, 3.05) is 18.4 Å². The maximum Gasteiger partial charge on any atom is 0.242 e. The Kier molecular flexibility index (Phi) is 3.24. The average molecular weight is 335 g/mol. The van der Waals surface area contributed by atoms with Gasteiger partial charge in [0.25, 0.3) is 0 Å². The third-order valence-electron chi connectivity index (χ3n) is 6.32. The molecule has 1 N–H and O–H groups in total. The highest BCUT2D eigenvalue weighted by atomic mass is 32.1. The van der Waals surface area contributed by atoms with Gasteiger partial charge in [-0.2, -0.15) is 17.6 Å². The smallest absolute Gasteiger partial charge is 0.242 e. The highest BCUT2D eigenvalue weighted by Gasteiger charge is 2.65. The van der Waals surface area contributed by atoms with Gasteiger partial charge in [0.1, 0.15) is 23.5 Å². The second kappa shape index (κ2) is 4.92. The van der Waals surface area contributed by atoms with Gasteiger partial charge in [0.05, 0.1) is 0 Å². The number of likely N-dealkylation sites (tertiary alicyclic amines) is 1. The van der Waals surface area contributed by atoms with E-state index in [1.54, 1.807) is 0 Å². The Balaban J connectivity index is 1.75. The third-order valence-corrected chi connectivity index (χ3v) is 7.13. The minimum Gasteiger partial charge on any atom is -0.354 e. The minimum absolute atomic E-state index is 0.0197. The van der Waals surface area contributed by atoms with E-state index in [1.165, 1.54) is 0 Å². The van der Waals surface area contributed by atoms with E-state index in [0.717, 1.165) is 37.0 Å². The Bertz CT molecular complexity index is 844.